The predicted molar refractivity (Wildman–Crippen MR) is 153 cm³/mol. The molecule has 0 aliphatic carbocycles. The highest BCUT2D eigenvalue weighted by atomic mass is 19.4. The molecule has 0 fully saturated rings. The quantitative estimate of drug-likeness (QED) is 0.176. The second-order valence-electron chi connectivity index (χ2n) is 9.13. The van der Waals surface area contributed by atoms with E-state index in [1.807, 2.05) is 30.3 Å². The molecular weight excluding hydrogens is 533 g/mol. The zero-order valence-electron chi connectivity index (χ0n) is 21.8. The van der Waals surface area contributed by atoms with Gasteiger partial charge in [-0.25, -0.2) is 0 Å². The van der Waals surface area contributed by atoms with E-state index >= 15 is 0 Å². The summed E-state index contributed by atoms with van der Waals surface area (Å²) in [5, 5.41) is 10.9. The molecule has 210 valence electrons. The van der Waals surface area contributed by atoms with E-state index < -0.39 is 17.6 Å². The van der Waals surface area contributed by atoms with Gasteiger partial charge in [-0.1, -0.05) is 42.5 Å². The number of nitrogens with one attached hydrogen (secondary N) is 4. The normalized spacial score (nSPS) is 10.9. The van der Waals surface area contributed by atoms with E-state index in [0.717, 1.165) is 17.7 Å². The standard InChI is InChI=1S/C31H27F3N4O3/c32-31(33,34)23-9-5-11-27(19-23)38-30(41)22-8-4-10-26(18-22)35-20-29(40)37-25-15-13-24(14-16-25)36-28(39)17-12-21-6-2-1-3-7-21/h1-11,13-16,18-19,35H,12,17,20H2,(H,36,39)(H,37,40)(H,38,41). The molecule has 0 atom stereocenters. The maximum absolute atomic E-state index is 12.9. The third-order valence-electron chi connectivity index (χ3n) is 5.96. The van der Waals surface area contributed by atoms with Gasteiger partial charge in [0.2, 0.25) is 11.8 Å². The van der Waals surface area contributed by atoms with Crippen molar-refractivity contribution in [2.75, 3.05) is 27.8 Å². The monoisotopic (exact) mass is 560 g/mol. The molecule has 0 spiro atoms. The van der Waals surface area contributed by atoms with Gasteiger partial charge in [0, 0.05) is 34.7 Å². The van der Waals surface area contributed by atoms with Crippen molar-refractivity contribution in [3.05, 3.63) is 120 Å². The van der Waals surface area contributed by atoms with Crippen LogP contribution in [0.15, 0.2) is 103 Å². The average Bonchev–Trinajstić information content (AvgIpc) is 2.96. The lowest BCUT2D eigenvalue weighted by Crippen LogP contribution is -2.22. The molecule has 4 aromatic rings. The highest BCUT2D eigenvalue weighted by molar-refractivity contribution is 6.05. The van der Waals surface area contributed by atoms with Gasteiger partial charge < -0.3 is 21.3 Å². The first kappa shape index (κ1) is 28.9. The van der Waals surface area contributed by atoms with Crippen LogP contribution in [0.1, 0.15) is 27.9 Å². The number of carbonyl (C=O) groups is 3. The fourth-order valence-corrected chi connectivity index (χ4v) is 3.90. The zero-order valence-corrected chi connectivity index (χ0v) is 21.8. The van der Waals surface area contributed by atoms with Gasteiger partial charge in [-0.3, -0.25) is 14.4 Å². The lowest BCUT2D eigenvalue weighted by atomic mass is 10.1. The first-order valence-corrected chi connectivity index (χ1v) is 12.7. The highest BCUT2D eigenvalue weighted by Gasteiger charge is 2.30. The summed E-state index contributed by atoms with van der Waals surface area (Å²) in [6, 6.07) is 27.1. The molecule has 4 aromatic carbocycles. The Labute approximate surface area is 234 Å². The number of hydrogen-bond donors (Lipinski definition) is 4. The summed E-state index contributed by atoms with van der Waals surface area (Å²) < 4.78 is 38.8. The second kappa shape index (κ2) is 13.3. The SMILES string of the molecule is O=C(CCc1ccccc1)Nc1ccc(NC(=O)CNc2cccc(C(=O)Nc3cccc(C(F)(F)F)c3)c2)cc1. The maximum Gasteiger partial charge on any atom is 0.416 e. The molecule has 0 bridgehead atoms. The number of hydrogen-bond acceptors (Lipinski definition) is 4. The van der Waals surface area contributed by atoms with Crippen molar-refractivity contribution in [1.82, 2.24) is 0 Å². The number of anilines is 4. The Kier molecular flexibility index (Phi) is 9.36. The minimum atomic E-state index is -4.52. The zero-order chi connectivity index (χ0) is 29.2. The van der Waals surface area contributed by atoms with Gasteiger partial charge in [0.25, 0.3) is 5.91 Å². The molecule has 0 saturated heterocycles. The van der Waals surface area contributed by atoms with Gasteiger partial charge in [0.15, 0.2) is 0 Å². The fraction of sp³-hybridized carbons (Fsp3) is 0.129. The molecule has 10 heteroatoms. The number of alkyl halides is 3. The predicted octanol–water partition coefficient (Wildman–Crippen LogP) is 6.58. The average molecular weight is 561 g/mol. The van der Waals surface area contributed by atoms with Crippen LogP contribution in [0.2, 0.25) is 0 Å². The van der Waals surface area contributed by atoms with E-state index in [4.69, 9.17) is 0 Å². The van der Waals surface area contributed by atoms with E-state index in [2.05, 4.69) is 21.3 Å². The number of carbonyl (C=O) groups excluding carboxylic acids is 3. The summed E-state index contributed by atoms with van der Waals surface area (Å²) >= 11 is 0. The van der Waals surface area contributed by atoms with Gasteiger partial charge in [0.1, 0.15) is 0 Å². The summed E-state index contributed by atoms with van der Waals surface area (Å²) in [6.45, 7) is -0.101. The van der Waals surface area contributed by atoms with Gasteiger partial charge in [0.05, 0.1) is 12.1 Å². The molecule has 0 radical (unpaired) electrons. The third kappa shape index (κ3) is 8.96. The minimum absolute atomic E-state index is 0.0142. The van der Waals surface area contributed by atoms with Crippen molar-refractivity contribution in [2.24, 2.45) is 0 Å². The summed E-state index contributed by atoms with van der Waals surface area (Å²) in [6.07, 6.45) is -3.54. The van der Waals surface area contributed by atoms with Crippen LogP contribution in [-0.4, -0.2) is 24.3 Å². The third-order valence-corrected chi connectivity index (χ3v) is 5.96. The van der Waals surface area contributed by atoms with Crippen molar-refractivity contribution >= 4 is 40.5 Å². The smallest absolute Gasteiger partial charge is 0.376 e. The van der Waals surface area contributed by atoms with Crippen LogP contribution in [-0.2, 0) is 22.2 Å². The lowest BCUT2D eigenvalue weighted by Gasteiger charge is -2.11. The molecule has 4 rings (SSSR count). The Bertz CT molecular complexity index is 1510. The van der Waals surface area contributed by atoms with Crippen LogP contribution in [0.5, 0.6) is 0 Å². The van der Waals surface area contributed by atoms with Gasteiger partial charge in [-0.2, -0.15) is 13.2 Å². The van der Waals surface area contributed by atoms with Crippen LogP contribution in [0.3, 0.4) is 0 Å². The number of aryl methyl sites for hydroxylation is 1. The Morgan fingerprint density at radius 3 is 1.93 bits per heavy atom. The Morgan fingerprint density at radius 1 is 0.610 bits per heavy atom. The Balaban J connectivity index is 1.24. The topological polar surface area (TPSA) is 99.3 Å². The number of rotatable bonds is 10. The number of benzene rings is 4. The van der Waals surface area contributed by atoms with E-state index in [1.165, 1.54) is 24.3 Å². The number of amides is 3. The molecule has 0 unspecified atom stereocenters. The molecule has 3 amide bonds. The first-order valence-electron chi connectivity index (χ1n) is 12.7. The molecule has 41 heavy (non-hydrogen) atoms. The van der Waals surface area contributed by atoms with Crippen LogP contribution in [0.4, 0.5) is 35.9 Å². The van der Waals surface area contributed by atoms with Crippen molar-refractivity contribution < 1.29 is 27.6 Å². The molecule has 0 aliphatic rings. The second-order valence-corrected chi connectivity index (χ2v) is 9.13. The molecule has 4 N–H and O–H groups in total. The van der Waals surface area contributed by atoms with Gasteiger partial charge >= 0.3 is 6.18 Å². The van der Waals surface area contributed by atoms with Crippen molar-refractivity contribution in [2.45, 2.75) is 19.0 Å². The molecule has 0 heterocycles. The van der Waals surface area contributed by atoms with Crippen LogP contribution in [0, 0.1) is 0 Å². The van der Waals surface area contributed by atoms with Gasteiger partial charge in [-0.05, 0) is 72.6 Å². The summed E-state index contributed by atoms with van der Waals surface area (Å²) in [7, 11) is 0. The van der Waals surface area contributed by atoms with Crippen molar-refractivity contribution in [1.29, 1.82) is 0 Å². The van der Waals surface area contributed by atoms with E-state index in [1.54, 1.807) is 36.4 Å². The minimum Gasteiger partial charge on any atom is -0.376 e. The molecular formula is C31H27F3N4O3. The van der Waals surface area contributed by atoms with E-state index in [0.29, 0.717) is 29.9 Å². The molecule has 0 aromatic heterocycles. The fourth-order valence-electron chi connectivity index (χ4n) is 3.90. The van der Waals surface area contributed by atoms with Crippen LogP contribution < -0.4 is 21.3 Å². The Morgan fingerprint density at radius 2 is 1.24 bits per heavy atom. The summed E-state index contributed by atoms with van der Waals surface area (Å²) in [5.74, 6) is -1.05. The molecule has 0 aliphatic heterocycles. The van der Waals surface area contributed by atoms with Crippen molar-refractivity contribution in [3.63, 3.8) is 0 Å². The van der Waals surface area contributed by atoms with E-state index in [9.17, 15) is 27.6 Å². The van der Waals surface area contributed by atoms with Crippen molar-refractivity contribution in [3.8, 4) is 0 Å². The molecule has 7 nitrogen and oxygen atoms in total. The number of halogens is 3. The molecule has 0 saturated carbocycles. The summed E-state index contributed by atoms with van der Waals surface area (Å²) in [4.78, 5) is 37.2. The van der Waals surface area contributed by atoms with Gasteiger partial charge in [-0.15, -0.1) is 0 Å². The maximum atomic E-state index is 12.9. The largest absolute Gasteiger partial charge is 0.416 e. The lowest BCUT2D eigenvalue weighted by molar-refractivity contribution is -0.137. The van der Waals surface area contributed by atoms with Crippen LogP contribution in [0.25, 0.3) is 0 Å². The highest BCUT2D eigenvalue weighted by Crippen LogP contribution is 2.30. The Hall–Kier alpha value is -5.12. The first-order chi connectivity index (χ1) is 19.7. The van der Waals surface area contributed by atoms with E-state index in [-0.39, 0.29) is 29.6 Å². The van der Waals surface area contributed by atoms with Crippen LogP contribution >= 0.6 is 0 Å². The summed E-state index contributed by atoms with van der Waals surface area (Å²) in [5.41, 5.74) is 2.06.